The van der Waals surface area contributed by atoms with Gasteiger partial charge >= 0.3 is 0 Å². The summed E-state index contributed by atoms with van der Waals surface area (Å²) in [5, 5.41) is 0. The summed E-state index contributed by atoms with van der Waals surface area (Å²) >= 11 is 0. The van der Waals surface area contributed by atoms with E-state index >= 15 is 0 Å². The number of Topliss-reactive ketones (excluding diaryl/α,β-unsaturated/α-hetero) is 1. The fourth-order valence-electron chi connectivity index (χ4n) is 2.26. The van der Waals surface area contributed by atoms with Crippen LogP contribution < -0.4 is 0 Å². The number of ketones is 1. The van der Waals surface area contributed by atoms with Gasteiger partial charge in [0.15, 0.2) is 0 Å². The Hall–Kier alpha value is -0.370. The second kappa shape index (κ2) is 2.94. The van der Waals surface area contributed by atoms with Crippen molar-refractivity contribution in [3.05, 3.63) is 0 Å². The fraction of sp³-hybridized carbons (Fsp3) is 0.889. The summed E-state index contributed by atoms with van der Waals surface area (Å²) < 4.78 is 0. The van der Waals surface area contributed by atoms with Gasteiger partial charge in [0, 0.05) is 18.9 Å². The van der Waals surface area contributed by atoms with Crippen LogP contribution in [0.2, 0.25) is 0 Å². The molecule has 0 N–H and O–H groups in total. The first-order chi connectivity index (χ1) is 5.36. The monoisotopic (exact) mass is 153 g/mol. The molecule has 0 bridgehead atoms. The number of hydrogen-bond acceptors (Lipinski definition) is 2. The maximum absolute atomic E-state index is 11.2. The molecule has 1 atom stereocenters. The summed E-state index contributed by atoms with van der Waals surface area (Å²) in [6, 6.07) is 0.616. The molecule has 2 heteroatoms. The molecule has 0 radical (unpaired) electrons. The van der Waals surface area contributed by atoms with Gasteiger partial charge in [0.2, 0.25) is 0 Å². The van der Waals surface area contributed by atoms with E-state index in [2.05, 4.69) is 4.90 Å². The molecule has 0 saturated carbocycles. The first-order valence-corrected chi connectivity index (χ1v) is 4.62. The normalized spacial score (nSPS) is 33.5. The second-order valence-electron chi connectivity index (χ2n) is 3.68. The maximum atomic E-state index is 11.2. The minimum absolute atomic E-state index is 0.486. The van der Waals surface area contributed by atoms with Gasteiger partial charge in [-0.1, -0.05) is 0 Å². The number of rotatable bonds is 0. The van der Waals surface area contributed by atoms with Gasteiger partial charge in [-0.25, -0.2) is 0 Å². The van der Waals surface area contributed by atoms with E-state index in [1.807, 2.05) is 0 Å². The van der Waals surface area contributed by atoms with Gasteiger partial charge in [0.05, 0.1) is 0 Å². The van der Waals surface area contributed by atoms with Crippen molar-refractivity contribution in [2.45, 2.75) is 38.1 Å². The van der Waals surface area contributed by atoms with E-state index in [0.29, 0.717) is 11.8 Å². The Bertz CT molecular complexity index is 167. The molecule has 2 fully saturated rings. The summed E-state index contributed by atoms with van der Waals surface area (Å²) in [4.78, 5) is 13.7. The standard InChI is InChI=1S/C9H15NO/c11-9-4-2-6-10-5-1-3-8(10)7-9/h8H,1-7H2. The van der Waals surface area contributed by atoms with E-state index in [0.717, 1.165) is 25.8 Å². The summed E-state index contributed by atoms with van der Waals surface area (Å²) in [6.45, 7) is 2.40. The molecular formula is C9H15NO. The van der Waals surface area contributed by atoms with Crippen molar-refractivity contribution >= 4 is 5.78 Å². The highest BCUT2D eigenvalue weighted by Crippen LogP contribution is 2.23. The van der Waals surface area contributed by atoms with Crippen LogP contribution in [0, 0.1) is 0 Å². The number of carbonyl (C=O) groups is 1. The van der Waals surface area contributed by atoms with Gasteiger partial charge < -0.3 is 0 Å². The second-order valence-corrected chi connectivity index (χ2v) is 3.68. The first kappa shape index (κ1) is 7.29. The molecule has 0 aromatic carbocycles. The van der Waals surface area contributed by atoms with Crippen molar-refractivity contribution < 1.29 is 4.79 Å². The van der Waals surface area contributed by atoms with Crippen LogP contribution in [0.15, 0.2) is 0 Å². The minimum Gasteiger partial charge on any atom is -0.300 e. The highest BCUT2D eigenvalue weighted by atomic mass is 16.1. The third kappa shape index (κ3) is 1.45. The lowest BCUT2D eigenvalue weighted by Gasteiger charge is -2.19. The molecule has 2 aliphatic rings. The van der Waals surface area contributed by atoms with Crippen LogP contribution in [0.5, 0.6) is 0 Å². The molecular weight excluding hydrogens is 138 g/mol. The quantitative estimate of drug-likeness (QED) is 0.521. The number of nitrogens with zero attached hydrogens (tertiary/aromatic N) is 1. The average molecular weight is 153 g/mol. The van der Waals surface area contributed by atoms with Crippen LogP contribution in [0.1, 0.15) is 32.1 Å². The van der Waals surface area contributed by atoms with Crippen LogP contribution >= 0.6 is 0 Å². The zero-order valence-corrected chi connectivity index (χ0v) is 6.88. The molecule has 0 amide bonds. The van der Waals surface area contributed by atoms with Gasteiger partial charge in [-0.15, -0.1) is 0 Å². The first-order valence-electron chi connectivity index (χ1n) is 4.62. The van der Waals surface area contributed by atoms with E-state index in [9.17, 15) is 4.79 Å². The lowest BCUT2D eigenvalue weighted by molar-refractivity contribution is -0.119. The number of fused-ring (bicyclic) bond motifs is 1. The predicted octanol–water partition coefficient (Wildman–Crippen LogP) is 1.20. The molecule has 0 aromatic rings. The largest absolute Gasteiger partial charge is 0.300 e. The summed E-state index contributed by atoms with van der Waals surface area (Å²) in [6.07, 6.45) is 5.31. The number of hydrogen-bond donors (Lipinski definition) is 0. The van der Waals surface area contributed by atoms with Gasteiger partial charge in [-0.2, -0.15) is 0 Å². The van der Waals surface area contributed by atoms with Crippen LogP contribution in [0.3, 0.4) is 0 Å². The lowest BCUT2D eigenvalue weighted by atomic mass is 10.1. The molecule has 2 nitrogen and oxygen atoms in total. The van der Waals surface area contributed by atoms with E-state index in [1.165, 1.54) is 19.4 Å². The Morgan fingerprint density at radius 1 is 1.27 bits per heavy atom. The fourth-order valence-corrected chi connectivity index (χ4v) is 2.26. The summed E-state index contributed by atoms with van der Waals surface area (Å²) in [5.41, 5.74) is 0. The molecule has 2 saturated heterocycles. The Balaban J connectivity index is 2.03. The van der Waals surface area contributed by atoms with Crippen LogP contribution in [0.25, 0.3) is 0 Å². The van der Waals surface area contributed by atoms with Crippen molar-refractivity contribution in [3.63, 3.8) is 0 Å². The zero-order chi connectivity index (χ0) is 7.68. The van der Waals surface area contributed by atoms with Gasteiger partial charge in [-0.3, -0.25) is 9.69 Å². The van der Waals surface area contributed by atoms with Crippen molar-refractivity contribution in [1.82, 2.24) is 4.90 Å². The Morgan fingerprint density at radius 3 is 3.00 bits per heavy atom. The molecule has 11 heavy (non-hydrogen) atoms. The molecule has 2 heterocycles. The van der Waals surface area contributed by atoms with E-state index < -0.39 is 0 Å². The predicted molar refractivity (Wildman–Crippen MR) is 43.5 cm³/mol. The van der Waals surface area contributed by atoms with Gasteiger partial charge in [0.1, 0.15) is 5.78 Å². The Labute approximate surface area is 67.6 Å². The zero-order valence-electron chi connectivity index (χ0n) is 6.88. The highest BCUT2D eigenvalue weighted by molar-refractivity contribution is 5.79. The molecule has 0 aliphatic carbocycles. The summed E-state index contributed by atoms with van der Waals surface area (Å²) in [5.74, 6) is 0.486. The van der Waals surface area contributed by atoms with Gasteiger partial charge in [-0.05, 0) is 32.4 Å². The maximum Gasteiger partial charge on any atom is 0.134 e. The average Bonchev–Trinajstić information content (AvgIpc) is 2.31. The van der Waals surface area contributed by atoms with Crippen LogP contribution in [-0.2, 0) is 4.79 Å². The van der Waals surface area contributed by atoms with Crippen molar-refractivity contribution in [2.75, 3.05) is 13.1 Å². The third-order valence-electron chi connectivity index (χ3n) is 2.86. The highest BCUT2D eigenvalue weighted by Gasteiger charge is 2.28. The molecule has 2 rings (SSSR count). The van der Waals surface area contributed by atoms with Crippen molar-refractivity contribution in [3.8, 4) is 0 Å². The molecule has 1 unspecified atom stereocenters. The van der Waals surface area contributed by atoms with Crippen molar-refractivity contribution in [1.29, 1.82) is 0 Å². The lowest BCUT2D eigenvalue weighted by Crippen LogP contribution is -2.29. The molecule has 0 aromatic heterocycles. The van der Waals surface area contributed by atoms with Crippen LogP contribution in [0.4, 0.5) is 0 Å². The van der Waals surface area contributed by atoms with E-state index in [1.54, 1.807) is 0 Å². The molecule has 62 valence electrons. The smallest absolute Gasteiger partial charge is 0.134 e. The molecule has 2 aliphatic heterocycles. The topological polar surface area (TPSA) is 20.3 Å². The van der Waals surface area contributed by atoms with Gasteiger partial charge in [0.25, 0.3) is 0 Å². The SMILES string of the molecule is O=C1CCCN2CCCC2C1. The molecule has 0 spiro atoms. The van der Waals surface area contributed by atoms with E-state index in [-0.39, 0.29) is 0 Å². The Kier molecular flexibility index (Phi) is 1.95. The van der Waals surface area contributed by atoms with Crippen molar-refractivity contribution in [2.24, 2.45) is 0 Å². The minimum atomic E-state index is 0.486. The number of carbonyl (C=O) groups excluding carboxylic acids is 1. The van der Waals surface area contributed by atoms with Crippen LogP contribution in [-0.4, -0.2) is 29.8 Å². The Morgan fingerprint density at radius 2 is 2.09 bits per heavy atom. The third-order valence-corrected chi connectivity index (χ3v) is 2.86. The summed E-state index contributed by atoms with van der Waals surface area (Å²) in [7, 11) is 0. The van der Waals surface area contributed by atoms with E-state index in [4.69, 9.17) is 0 Å².